The largest absolute Gasteiger partial charge is 0.468 e. The Hall–Kier alpha value is -0.900. The zero-order valence-corrected chi connectivity index (χ0v) is 10.9. The Morgan fingerprint density at radius 2 is 2.38 bits per heavy atom. The lowest BCUT2D eigenvalue weighted by molar-refractivity contribution is -0.123. The summed E-state index contributed by atoms with van der Waals surface area (Å²) in [6.45, 7) is 6.73. The molecule has 1 atom stereocenters. The van der Waals surface area contributed by atoms with E-state index in [0.717, 1.165) is 12.8 Å². The third-order valence-corrected chi connectivity index (χ3v) is 2.94. The summed E-state index contributed by atoms with van der Waals surface area (Å²) in [6.07, 6.45) is 5.44. The van der Waals surface area contributed by atoms with Gasteiger partial charge < -0.3 is 4.74 Å². The van der Waals surface area contributed by atoms with Gasteiger partial charge in [-0.15, -0.1) is 0 Å². The van der Waals surface area contributed by atoms with Crippen molar-refractivity contribution in [3.05, 3.63) is 12.2 Å². The predicted octanol–water partition coefficient (Wildman–Crippen LogP) is 2.51. The minimum absolute atomic E-state index is 0.0605. The Labute approximate surface area is 102 Å². The second-order valence-corrected chi connectivity index (χ2v) is 4.64. The van der Waals surface area contributed by atoms with Gasteiger partial charge in [-0.05, 0) is 30.6 Å². The summed E-state index contributed by atoms with van der Waals surface area (Å²) in [5, 5.41) is 0.310. The van der Waals surface area contributed by atoms with Crippen molar-refractivity contribution in [2.75, 3.05) is 6.61 Å². The fourth-order valence-corrected chi connectivity index (χ4v) is 1.90. The maximum absolute atomic E-state index is 11.9. The molecule has 1 heterocycles. The van der Waals surface area contributed by atoms with E-state index in [1.54, 1.807) is 11.0 Å². The van der Waals surface area contributed by atoms with Crippen molar-refractivity contribution >= 4 is 23.3 Å². The fraction of sp³-hybridized carbons (Fsp3) is 0.667. The zero-order valence-electron chi connectivity index (χ0n) is 10.1. The maximum Gasteiger partial charge on any atom is 0.266 e. The molecular formula is C12H19NO2S. The smallest absolute Gasteiger partial charge is 0.266 e. The zero-order chi connectivity index (χ0) is 12.1. The third-order valence-electron chi connectivity index (χ3n) is 2.63. The average Bonchev–Trinajstić information content (AvgIpc) is 2.60. The topological polar surface area (TPSA) is 29.5 Å². The minimum atomic E-state index is -0.0605. The van der Waals surface area contributed by atoms with E-state index in [4.69, 9.17) is 17.0 Å². The molecule has 0 spiro atoms. The molecule has 0 aromatic heterocycles. The number of allylic oxidation sites excluding steroid dienone is 1. The number of carbonyl (C=O) groups is 1. The summed E-state index contributed by atoms with van der Waals surface area (Å²) < 4.78 is 5.27. The van der Waals surface area contributed by atoms with Gasteiger partial charge >= 0.3 is 0 Å². The minimum Gasteiger partial charge on any atom is -0.468 e. The van der Waals surface area contributed by atoms with E-state index in [-0.39, 0.29) is 11.9 Å². The van der Waals surface area contributed by atoms with Crippen LogP contribution in [0.5, 0.6) is 0 Å². The highest BCUT2D eigenvalue weighted by atomic mass is 32.1. The molecular weight excluding hydrogens is 222 g/mol. The highest BCUT2D eigenvalue weighted by Crippen LogP contribution is 2.20. The quantitative estimate of drug-likeness (QED) is 0.559. The molecule has 1 rings (SSSR count). The Morgan fingerprint density at radius 3 is 2.94 bits per heavy atom. The van der Waals surface area contributed by atoms with Crippen molar-refractivity contribution in [3.8, 4) is 0 Å². The Kier molecular flexibility index (Phi) is 4.93. The molecule has 3 nitrogen and oxygen atoms in total. The van der Waals surface area contributed by atoms with Crippen molar-refractivity contribution in [2.24, 2.45) is 5.92 Å². The fourth-order valence-electron chi connectivity index (χ4n) is 1.61. The van der Waals surface area contributed by atoms with Gasteiger partial charge in [0.05, 0.1) is 6.04 Å². The first-order chi connectivity index (χ1) is 7.57. The molecule has 1 aliphatic rings. The van der Waals surface area contributed by atoms with Crippen LogP contribution in [0, 0.1) is 5.92 Å². The standard InChI is InChI=1S/C12H19NO2S/c1-4-5-6-7-11(14)13-10(9(2)3)8-15-12(13)16/h6-7,9-10H,4-5,8H2,1-3H3/t10-/m1/s1. The molecule has 0 aliphatic carbocycles. The molecule has 0 N–H and O–H groups in total. The molecule has 90 valence electrons. The Bertz CT molecular complexity index is 299. The monoisotopic (exact) mass is 241 g/mol. The molecule has 0 unspecified atom stereocenters. The molecule has 1 saturated heterocycles. The first-order valence-corrected chi connectivity index (χ1v) is 6.15. The van der Waals surface area contributed by atoms with Crippen LogP contribution in [-0.2, 0) is 9.53 Å². The molecule has 16 heavy (non-hydrogen) atoms. The number of rotatable bonds is 4. The van der Waals surface area contributed by atoms with Crippen molar-refractivity contribution in [3.63, 3.8) is 0 Å². The van der Waals surface area contributed by atoms with Crippen LogP contribution in [0.2, 0.25) is 0 Å². The van der Waals surface area contributed by atoms with Gasteiger partial charge in [0.25, 0.3) is 11.1 Å². The maximum atomic E-state index is 11.9. The van der Waals surface area contributed by atoms with Crippen LogP contribution in [0.15, 0.2) is 12.2 Å². The van der Waals surface area contributed by atoms with E-state index in [2.05, 4.69) is 20.8 Å². The summed E-state index contributed by atoms with van der Waals surface area (Å²) in [6, 6.07) is 0.0753. The summed E-state index contributed by atoms with van der Waals surface area (Å²) in [5.41, 5.74) is 0. The molecule has 4 heteroatoms. The van der Waals surface area contributed by atoms with Crippen LogP contribution >= 0.6 is 12.2 Å². The number of amides is 1. The lowest BCUT2D eigenvalue weighted by atomic mass is 10.0. The van der Waals surface area contributed by atoms with Crippen LogP contribution in [0.4, 0.5) is 0 Å². The highest BCUT2D eigenvalue weighted by Gasteiger charge is 2.35. The summed E-state index contributed by atoms with van der Waals surface area (Å²) in [7, 11) is 0. The average molecular weight is 241 g/mol. The molecule has 0 aromatic carbocycles. The first kappa shape index (κ1) is 13.2. The molecule has 1 aliphatic heterocycles. The SMILES string of the molecule is CCCC=CC(=O)N1C(=S)OC[C@@H]1C(C)C. The molecule has 1 amide bonds. The molecule has 0 aromatic rings. The van der Waals surface area contributed by atoms with E-state index in [1.807, 2.05) is 6.08 Å². The number of unbranched alkanes of at least 4 members (excludes halogenated alkanes) is 1. The molecule has 0 bridgehead atoms. The number of nitrogens with zero attached hydrogens (tertiary/aromatic N) is 1. The van der Waals surface area contributed by atoms with Crippen LogP contribution in [0.3, 0.4) is 0 Å². The van der Waals surface area contributed by atoms with Crippen molar-refractivity contribution in [1.29, 1.82) is 0 Å². The van der Waals surface area contributed by atoms with E-state index in [0.29, 0.717) is 17.7 Å². The number of carbonyl (C=O) groups excluding carboxylic acids is 1. The summed E-state index contributed by atoms with van der Waals surface area (Å²) in [4.78, 5) is 13.5. The third kappa shape index (κ3) is 3.04. The number of ether oxygens (including phenoxy) is 1. The van der Waals surface area contributed by atoms with Crippen molar-refractivity contribution in [2.45, 2.75) is 39.7 Å². The van der Waals surface area contributed by atoms with Crippen LogP contribution < -0.4 is 0 Å². The number of hydrogen-bond acceptors (Lipinski definition) is 3. The molecule has 0 radical (unpaired) electrons. The van der Waals surface area contributed by atoms with E-state index >= 15 is 0 Å². The second kappa shape index (κ2) is 5.99. The number of hydrogen-bond donors (Lipinski definition) is 0. The molecule has 0 saturated carbocycles. The van der Waals surface area contributed by atoms with Gasteiger partial charge in [-0.1, -0.05) is 33.3 Å². The first-order valence-electron chi connectivity index (χ1n) is 5.74. The van der Waals surface area contributed by atoms with Crippen molar-refractivity contribution in [1.82, 2.24) is 4.90 Å². The van der Waals surface area contributed by atoms with Gasteiger partial charge in [0.15, 0.2) is 0 Å². The molecule has 1 fully saturated rings. The van der Waals surface area contributed by atoms with Gasteiger partial charge in [0, 0.05) is 0 Å². The Morgan fingerprint density at radius 1 is 1.69 bits per heavy atom. The van der Waals surface area contributed by atoms with E-state index in [9.17, 15) is 4.79 Å². The highest BCUT2D eigenvalue weighted by molar-refractivity contribution is 7.80. The van der Waals surface area contributed by atoms with Gasteiger partial charge in [-0.25, -0.2) is 0 Å². The normalized spacial score (nSPS) is 20.9. The predicted molar refractivity (Wildman–Crippen MR) is 68.1 cm³/mol. The second-order valence-electron chi connectivity index (χ2n) is 4.29. The van der Waals surface area contributed by atoms with Gasteiger partial charge in [0.2, 0.25) is 0 Å². The van der Waals surface area contributed by atoms with Crippen LogP contribution in [-0.4, -0.2) is 28.6 Å². The van der Waals surface area contributed by atoms with Gasteiger partial charge in [0.1, 0.15) is 6.61 Å². The summed E-state index contributed by atoms with van der Waals surface area (Å²) in [5.74, 6) is 0.290. The van der Waals surface area contributed by atoms with Gasteiger partial charge in [-0.3, -0.25) is 9.69 Å². The van der Waals surface area contributed by atoms with Crippen molar-refractivity contribution < 1.29 is 9.53 Å². The lowest BCUT2D eigenvalue weighted by Gasteiger charge is -2.22. The lowest BCUT2D eigenvalue weighted by Crippen LogP contribution is -2.40. The van der Waals surface area contributed by atoms with Crippen LogP contribution in [0.1, 0.15) is 33.6 Å². The Balaban J connectivity index is 2.68. The van der Waals surface area contributed by atoms with Gasteiger partial charge in [-0.2, -0.15) is 0 Å². The van der Waals surface area contributed by atoms with E-state index < -0.39 is 0 Å². The number of thiocarbonyl (C=S) groups is 1. The van der Waals surface area contributed by atoms with E-state index in [1.165, 1.54) is 0 Å². The summed E-state index contributed by atoms with van der Waals surface area (Å²) >= 11 is 5.04. The van der Waals surface area contributed by atoms with Crippen LogP contribution in [0.25, 0.3) is 0 Å².